The summed E-state index contributed by atoms with van der Waals surface area (Å²) < 4.78 is 40.8. The van der Waals surface area contributed by atoms with Crippen molar-refractivity contribution >= 4 is 11.6 Å². The number of hydrogen-bond acceptors (Lipinski definition) is 4. The van der Waals surface area contributed by atoms with Crippen molar-refractivity contribution in [1.82, 2.24) is 5.32 Å². The lowest BCUT2D eigenvalue weighted by Crippen LogP contribution is -2.54. The van der Waals surface area contributed by atoms with Crippen LogP contribution >= 0.6 is 0 Å². The van der Waals surface area contributed by atoms with E-state index in [4.69, 9.17) is 0 Å². The third-order valence-corrected chi connectivity index (χ3v) is 6.81. The van der Waals surface area contributed by atoms with Crippen molar-refractivity contribution in [2.75, 3.05) is 11.4 Å². The molecule has 170 valence electrons. The van der Waals surface area contributed by atoms with Crippen LogP contribution in [0.4, 0.5) is 18.9 Å². The third-order valence-electron chi connectivity index (χ3n) is 6.81. The molecular weight excluding hydrogens is 429 g/mol. The number of nitrogens with zero attached hydrogens (tertiary/aromatic N) is 3. The molecule has 0 fully saturated rings. The van der Waals surface area contributed by atoms with E-state index in [1.165, 1.54) is 6.07 Å². The minimum Gasteiger partial charge on any atom is -0.362 e. The van der Waals surface area contributed by atoms with Crippen LogP contribution < -0.4 is 10.2 Å². The predicted octanol–water partition coefficient (Wildman–Crippen LogP) is 5.63. The third kappa shape index (κ3) is 3.27. The summed E-state index contributed by atoms with van der Waals surface area (Å²) in [5.41, 5.74) is 2.38. The maximum absolute atomic E-state index is 14.0. The highest BCUT2D eigenvalue weighted by Gasteiger charge is 2.53. The average molecular weight is 452 g/mol. The number of amides is 1. The van der Waals surface area contributed by atoms with Crippen LogP contribution in [-0.2, 0) is 16.4 Å². The summed E-state index contributed by atoms with van der Waals surface area (Å²) in [6.45, 7) is 4.34. The van der Waals surface area contributed by atoms with Crippen LogP contribution in [0.5, 0.6) is 0 Å². The van der Waals surface area contributed by atoms with Gasteiger partial charge in [0, 0.05) is 29.9 Å². The number of carbonyl (C=O) groups excluding carboxylic acids is 1. The second-order valence-electron chi connectivity index (χ2n) is 8.60. The lowest BCUT2D eigenvalue weighted by Gasteiger charge is -2.47. The number of halogens is 3. The molecule has 0 radical (unpaired) electrons. The van der Waals surface area contributed by atoms with Crippen LogP contribution in [0.2, 0.25) is 0 Å². The molecule has 2 aromatic rings. The largest absolute Gasteiger partial charge is 0.416 e. The number of carbonyl (C=O) groups is 1. The van der Waals surface area contributed by atoms with E-state index in [1.807, 2.05) is 38.1 Å². The molecule has 3 aliphatic rings. The molecule has 2 aromatic carbocycles. The molecule has 33 heavy (non-hydrogen) atoms. The number of alkyl halides is 3. The standard InChI is InChI=1S/C25H23F3N4O/c1-3-24(16-5-4-6-17(13-16)25(26,27)28)19-14-29-31-22(19)30-20-11-12-32(23(33)21(20)24)18-9-7-15(2)8-10-18/h4-10,13-14,22,30H,3,11-12H2,1-2H3. The van der Waals surface area contributed by atoms with E-state index in [0.717, 1.165) is 29.1 Å². The summed E-state index contributed by atoms with van der Waals surface area (Å²) in [5, 5.41) is 11.6. The fourth-order valence-electron chi connectivity index (χ4n) is 5.18. The number of nitrogens with one attached hydrogen (secondary N) is 1. The summed E-state index contributed by atoms with van der Waals surface area (Å²) in [7, 11) is 0. The Morgan fingerprint density at radius 2 is 1.94 bits per heavy atom. The fraction of sp³-hybridized carbons (Fsp3) is 0.320. The SMILES string of the molecule is CCC1(c2cccc(C(F)(F)F)c2)C2=CN=NC2NC2=C1C(=O)N(c1ccc(C)cc1)CC2. The Kier molecular flexibility index (Phi) is 4.92. The second kappa shape index (κ2) is 7.57. The van der Waals surface area contributed by atoms with Crippen molar-refractivity contribution in [3.63, 3.8) is 0 Å². The molecular formula is C25H23F3N4O. The zero-order chi connectivity index (χ0) is 23.4. The number of hydrogen-bond donors (Lipinski definition) is 1. The molecule has 5 rings (SSSR count). The van der Waals surface area contributed by atoms with Crippen LogP contribution in [-0.4, -0.2) is 18.6 Å². The summed E-state index contributed by atoms with van der Waals surface area (Å²) in [6, 6.07) is 13.0. The summed E-state index contributed by atoms with van der Waals surface area (Å²) in [4.78, 5) is 15.7. The molecule has 3 heterocycles. The fourth-order valence-corrected chi connectivity index (χ4v) is 5.18. The number of fused-ring (bicyclic) bond motifs is 1. The van der Waals surface area contributed by atoms with E-state index < -0.39 is 23.3 Å². The van der Waals surface area contributed by atoms with Crippen molar-refractivity contribution in [2.45, 2.75) is 44.4 Å². The maximum Gasteiger partial charge on any atom is 0.416 e. The van der Waals surface area contributed by atoms with E-state index in [1.54, 1.807) is 17.2 Å². The van der Waals surface area contributed by atoms with Crippen LogP contribution in [0.15, 0.2) is 81.8 Å². The average Bonchev–Trinajstić information content (AvgIpc) is 3.27. The zero-order valence-corrected chi connectivity index (χ0v) is 18.3. The normalized spacial score (nSPS) is 24.4. The first kappa shape index (κ1) is 21.4. The highest BCUT2D eigenvalue weighted by atomic mass is 19.4. The Labute approximate surface area is 189 Å². The molecule has 0 aliphatic carbocycles. The minimum absolute atomic E-state index is 0.210. The van der Waals surface area contributed by atoms with Gasteiger partial charge < -0.3 is 10.2 Å². The van der Waals surface area contributed by atoms with E-state index in [9.17, 15) is 18.0 Å². The molecule has 2 unspecified atom stereocenters. The molecule has 0 saturated carbocycles. The van der Waals surface area contributed by atoms with Gasteiger partial charge >= 0.3 is 6.18 Å². The van der Waals surface area contributed by atoms with E-state index in [-0.39, 0.29) is 5.91 Å². The Morgan fingerprint density at radius 3 is 2.64 bits per heavy atom. The lowest BCUT2D eigenvalue weighted by atomic mass is 9.62. The molecule has 0 bridgehead atoms. The van der Waals surface area contributed by atoms with Gasteiger partial charge in [0.05, 0.1) is 22.8 Å². The van der Waals surface area contributed by atoms with Gasteiger partial charge in [0.25, 0.3) is 5.91 Å². The van der Waals surface area contributed by atoms with Crippen molar-refractivity contribution in [2.24, 2.45) is 10.2 Å². The second-order valence-corrected chi connectivity index (χ2v) is 8.60. The van der Waals surface area contributed by atoms with Crippen LogP contribution in [0.3, 0.4) is 0 Å². The van der Waals surface area contributed by atoms with E-state index in [2.05, 4.69) is 15.5 Å². The number of benzene rings is 2. The molecule has 2 atom stereocenters. The minimum atomic E-state index is -4.49. The summed E-state index contributed by atoms with van der Waals surface area (Å²) >= 11 is 0. The van der Waals surface area contributed by atoms with Gasteiger partial charge in [-0.2, -0.15) is 23.4 Å². The topological polar surface area (TPSA) is 57.1 Å². The predicted molar refractivity (Wildman–Crippen MR) is 118 cm³/mol. The summed E-state index contributed by atoms with van der Waals surface area (Å²) in [5.74, 6) is -0.210. The Bertz CT molecular complexity index is 1210. The highest BCUT2D eigenvalue weighted by molar-refractivity contribution is 6.09. The summed E-state index contributed by atoms with van der Waals surface area (Å²) in [6.07, 6.45) is -2.44. The van der Waals surface area contributed by atoms with Gasteiger partial charge in [-0.1, -0.05) is 42.8 Å². The first-order chi connectivity index (χ1) is 15.8. The molecule has 8 heteroatoms. The van der Waals surface area contributed by atoms with Crippen molar-refractivity contribution in [3.8, 4) is 0 Å². The zero-order valence-electron chi connectivity index (χ0n) is 18.3. The van der Waals surface area contributed by atoms with Gasteiger partial charge in [-0.05, 0) is 37.1 Å². The molecule has 3 aliphatic heterocycles. The molecule has 0 aromatic heterocycles. The van der Waals surface area contributed by atoms with Gasteiger partial charge in [-0.25, -0.2) is 0 Å². The number of azo groups is 1. The van der Waals surface area contributed by atoms with Gasteiger partial charge in [0.1, 0.15) is 0 Å². The van der Waals surface area contributed by atoms with E-state index in [0.29, 0.717) is 36.1 Å². The molecule has 1 amide bonds. The number of rotatable bonds is 3. The Balaban J connectivity index is 1.70. The first-order valence-electron chi connectivity index (χ1n) is 10.9. The van der Waals surface area contributed by atoms with Crippen LogP contribution in [0, 0.1) is 6.92 Å². The Hall–Kier alpha value is -3.42. The maximum atomic E-state index is 14.0. The van der Waals surface area contributed by atoms with Crippen molar-refractivity contribution in [1.29, 1.82) is 0 Å². The number of anilines is 1. The van der Waals surface area contributed by atoms with Crippen LogP contribution in [0.25, 0.3) is 0 Å². The quantitative estimate of drug-likeness (QED) is 0.656. The molecule has 5 nitrogen and oxygen atoms in total. The monoisotopic (exact) mass is 452 g/mol. The first-order valence-corrected chi connectivity index (χ1v) is 10.9. The highest BCUT2D eigenvalue weighted by Crippen LogP contribution is 2.51. The number of aryl methyl sites for hydroxylation is 1. The van der Waals surface area contributed by atoms with Crippen molar-refractivity contribution in [3.05, 3.63) is 88.3 Å². The smallest absolute Gasteiger partial charge is 0.362 e. The van der Waals surface area contributed by atoms with Crippen molar-refractivity contribution < 1.29 is 18.0 Å². The lowest BCUT2D eigenvalue weighted by molar-refractivity contribution is -0.137. The molecule has 0 saturated heterocycles. The van der Waals surface area contributed by atoms with Crippen LogP contribution in [0.1, 0.15) is 36.5 Å². The molecule has 1 N–H and O–H groups in total. The van der Waals surface area contributed by atoms with Gasteiger partial charge in [0.15, 0.2) is 6.17 Å². The van der Waals surface area contributed by atoms with Gasteiger partial charge in [-0.15, -0.1) is 0 Å². The van der Waals surface area contributed by atoms with E-state index >= 15 is 0 Å². The molecule has 0 spiro atoms. The van der Waals surface area contributed by atoms with Gasteiger partial charge in [-0.3, -0.25) is 4.79 Å². The van der Waals surface area contributed by atoms with Gasteiger partial charge in [0.2, 0.25) is 0 Å². The Morgan fingerprint density at radius 1 is 1.18 bits per heavy atom.